The number of amides is 1. The van der Waals surface area contributed by atoms with Gasteiger partial charge >= 0.3 is 6.18 Å². The summed E-state index contributed by atoms with van der Waals surface area (Å²) in [6, 6.07) is 8.46. The monoisotopic (exact) mass is 832 g/mol. The van der Waals surface area contributed by atoms with E-state index in [-0.39, 0.29) is 52.5 Å². The SMILES string of the molecule is Cc1nc2cnc(N(C)C3CCN(CC(F)F)CC3)c(C#N)c2c(=O)n1CC#Cc1ccc(Cl)cc1-c1ccnc2c(C(=O)NS(=O)(=O)CC(F)(F)F)csc12. The number of aromatic nitrogens is 4. The minimum absolute atomic E-state index is 0.0304. The molecule has 0 aliphatic carbocycles. The average Bonchev–Trinajstić information content (AvgIpc) is 3.56. The Kier molecular flexibility index (Phi) is 11.6. The topological polar surface area (TPSA) is 154 Å². The van der Waals surface area contributed by atoms with E-state index in [1.54, 1.807) is 48.0 Å². The highest BCUT2D eigenvalue weighted by Gasteiger charge is 2.36. The smallest absolute Gasteiger partial charge is 0.355 e. The normalized spacial score (nSPS) is 14.1. The van der Waals surface area contributed by atoms with Gasteiger partial charge in [0.05, 0.1) is 46.0 Å². The fraction of sp³-hybridized carbons (Fsp3) is 0.333. The first-order chi connectivity index (χ1) is 26.5. The van der Waals surface area contributed by atoms with Gasteiger partial charge in [-0.2, -0.15) is 18.4 Å². The molecule has 5 heterocycles. The number of nitriles is 1. The zero-order valence-corrected chi connectivity index (χ0v) is 31.9. The number of thiophene rings is 1. The summed E-state index contributed by atoms with van der Waals surface area (Å²) in [7, 11) is -3.28. The summed E-state index contributed by atoms with van der Waals surface area (Å²) in [5.41, 5.74) is 0.955. The molecule has 20 heteroatoms. The molecular formula is C36H30ClF5N8O4S2. The Balaban J connectivity index is 1.30. The summed E-state index contributed by atoms with van der Waals surface area (Å²) in [5, 5.41) is 11.9. The van der Waals surface area contributed by atoms with E-state index in [9.17, 15) is 45.2 Å². The van der Waals surface area contributed by atoms with Gasteiger partial charge in [-0.1, -0.05) is 23.4 Å². The number of nitrogens with one attached hydrogen (secondary N) is 1. The molecule has 0 radical (unpaired) electrons. The number of hydrogen-bond acceptors (Lipinski definition) is 11. The lowest BCUT2D eigenvalue weighted by molar-refractivity contribution is -0.106. The molecule has 1 aromatic carbocycles. The maximum atomic E-state index is 14.0. The molecule has 1 aliphatic heterocycles. The first kappa shape index (κ1) is 40.5. The number of nitrogens with zero attached hydrogens (tertiary/aromatic N) is 7. The number of alkyl halides is 5. The minimum Gasteiger partial charge on any atom is -0.355 e. The number of carbonyl (C=O) groups excluding carboxylic acids is 1. The van der Waals surface area contributed by atoms with Crippen molar-refractivity contribution in [1.29, 1.82) is 5.26 Å². The van der Waals surface area contributed by atoms with Crippen LogP contribution in [0.2, 0.25) is 5.02 Å². The highest BCUT2D eigenvalue weighted by Crippen LogP contribution is 2.37. The van der Waals surface area contributed by atoms with Crippen molar-refractivity contribution >= 4 is 65.8 Å². The lowest BCUT2D eigenvalue weighted by atomic mass is 10.00. The van der Waals surface area contributed by atoms with Crippen molar-refractivity contribution in [2.45, 2.75) is 45.0 Å². The molecule has 0 unspecified atom stereocenters. The van der Waals surface area contributed by atoms with E-state index in [4.69, 9.17) is 11.6 Å². The lowest BCUT2D eigenvalue weighted by Crippen LogP contribution is -2.45. The quantitative estimate of drug-likeness (QED) is 0.144. The number of piperidine rings is 1. The van der Waals surface area contributed by atoms with Gasteiger partial charge in [0.15, 0.2) is 5.75 Å². The predicted octanol–water partition coefficient (Wildman–Crippen LogP) is 5.74. The molecule has 6 rings (SSSR count). The van der Waals surface area contributed by atoms with Crippen LogP contribution >= 0.6 is 22.9 Å². The molecule has 12 nitrogen and oxygen atoms in total. The molecular weight excluding hydrogens is 803 g/mol. The van der Waals surface area contributed by atoms with Crippen LogP contribution in [0.4, 0.5) is 27.8 Å². The molecule has 5 aromatic rings. The Morgan fingerprint density at radius 3 is 2.59 bits per heavy atom. The van der Waals surface area contributed by atoms with Crippen molar-refractivity contribution in [3.8, 4) is 29.0 Å². The summed E-state index contributed by atoms with van der Waals surface area (Å²) in [6.07, 6.45) is -3.59. The Bertz CT molecular complexity index is 2630. The molecule has 0 bridgehead atoms. The second kappa shape index (κ2) is 16.1. The Hall–Kier alpha value is -5.21. The van der Waals surface area contributed by atoms with E-state index >= 15 is 0 Å². The molecule has 0 atom stereocenters. The van der Waals surface area contributed by atoms with Gasteiger partial charge in [0.1, 0.15) is 23.3 Å². The van der Waals surface area contributed by atoms with E-state index < -0.39 is 39.8 Å². The number of carbonyl (C=O) groups is 1. The first-order valence-electron chi connectivity index (χ1n) is 16.8. The van der Waals surface area contributed by atoms with Gasteiger partial charge in [-0.3, -0.25) is 24.0 Å². The van der Waals surface area contributed by atoms with Crippen molar-refractivity contribution in [1.82, 2.24) is 29.1 Å². The third-order valence-corrected chi connectivity index (χ3v) is 11.6. The van der Waals surface area contributed by atoms with E-state index in [2.05, 4.69) is 32.9 Å². The van der Waals surface area contributed by atoms with Gasteiger partial charge in [0, 0.05) is 59.5 Å². The fourth-order valence-corrected chi connectivity index (χ4v) is 8.64. The second-order valence-electron chi connectivity index (χ2n) is 12.9. The molecule has 56 heavy (non-hydrogen) atoms. The summed E-state index contributed by atoms with van der Waals surface area (Å²) in [4.78, 5) is 43.5. The van der Waals surface area contributed by atoms with E-state index in [1.807, 2.05) is 0 Å². The third kappa shape index (κ3) is 8.76. The summed E-state index contributed by atoms with van der Waals surface area (Å²) < 4.78 is 91.1. The lowest BCUT2D eigenvalue weighted by Gasteiger charge is -2.37. The number of halogens is 6. The zero-order valence-electron chi connectivity index (χ0n) is 29.5. The molecule has 292 valence electrons. The number of pyridine rings is 2. The van der Waals surface area contributed by atoms with Crippen LogP contribution in [0.3, 0.4) is 0 Å². The largest absolute Gasteiger partial charge is 0.404 e. The van der Waals surface area contributed by atoms with E-state index in [0.29, 0.717) is 58.2 Å². The second-order valence-corrected chi connectivity index (χ2v) is 15.9. The summed E-state index contributed by atoms with van der Waals surface area (Å²) in [6.45, 7) is 2.07. The first-order valence-corrected chi connectivity index (χ1v) is 19.7. The fourth-order valence-electron chi connectivity index (χ4n) is 6.54. The van der Waals surface area contributed by atoms with Crippen LogP contribution in [0.15, 0.2) is 46.8 Å². The van der Waals surface area contributed by atoms with E-state index in [1.165, 1.54) is 27.1 Å². The number of rotatable bonds is 9. The van der Waals surface area contributed by atoms with Gasteiger partial charge in [-0.15, -0.1) is 11.3 Å². The molecule has 4 aromatic heterocycles. The van der Waals surface area contributed by atoms with Crippen molar-refractivity contribution in [3.05, 3.63) is 79.9 Å². The minimum atomic E-state index is -5.06. The molecule has 0 saturated carbocycles. The third-order valence-electron chi connectivity index (χ3n) is 9.15. The van der Waals surface area contributed by atoms with Crippen molar-refractivity contribution in [2.24, 2.45) is 0 Å². The highest BCUT2D eigenvalue weighted by atomic mass is 35.5. The van der Waals surface area contributed by atoms with Crippen LogP contribution in [0.1, 0.15) is 40.2 Å². The maximum Gasteiger partial charge on any atom is 0.404 e. The van der Waals surface area contributed by atoms with Crippen molar-refractivity contribution < 1.29 is 35.2 Å². The number of likely N-dealkylation sites (tertiary alicyclic amines) is 1. The Morgan fingerprint density at radius 1 is 1.18 bits per heavy atom. The van der Waals surface area contributed by atoms with Crippen molar-refractivity contribution in [2.75, 3.05) is 37.3 Å². The summed E-state index contributed by atoms with van der Waals surface area (Å²) in [5.74, 6) is 3.10. The van der Waals surface area contributed by atoms with Crippen LogP contribution in [-0.2, 0) is 16.6 Å². The van der Waals surface area contributed by atoms with Crippen LogP contribution in [-0.4, -0.2) is 89.8 Å². The standard InChI is InChI=1S/C36H30ClF5N8O4S2/c1-20-46-28-16-45-33(48(2)23-8-12-49(13-9-23)17-29(38)39)26(15-43)30(28)35(52)50(20)11-3-4-21-5-6-22(37)14-25(21)24-7-10-44-31-27(18-55-32(24)31)34(51)47-56(53,54)19-36(40,41)42/h5-7,10,14,16,18,23,29H,8-9,11-13,17,19H2,1-2H3,(H,47,51). The Labute approximate surface area is 325 Å². The van der Waals surface area contributed by atoms with Crippen LogP contribution < -0.4 is 15.2 Å². The van der Waals surface area contributed by atoms with E-state index in [0.717, 1.165) is 11.3 Å². The molecule has 1 fully saturated rings. The predicted molar refractivity (Wildman–Crippen MR) is 201 cm³/mol. The van der Waals surface area contributed by atoms with Crippen LogP contribution in [0.25, 0.3) is 32.2 Å². The number of benzene rings is 1. The average molecular weight is 833 g/mol. The number of hydrogen-bond donors (Lipinski definition) is 1. The Morgan fingerprint density at radius 2 is 1.91 bits per heavy atom. The van der Waals surface area contributed by atoms with Gasteiger partial charge in [-0.05, 0) is 44.0 Å². The highest BCUT2D eigenvalue weighted by molar-refractivity contribution is 7.90. The van der Waals surface area contributed by atoms with Gasteiger partial charge in [0.25, 0.3) is 17.9 Å². The van der Waals surface area contributed by atoms with Crippen molar-refractivity contribution in [3.63, 3.8) is 0 Å². The molecule has 0 spiro atoms. The number of anilines is 1. The molecule has 1 aliphatic rings. The van der Waals surface area contributed by atoms with Crippen LogP contribution in [0, 0.1) is 30.1 Å². The molecule has 1 N–H and O–H groups in total. The van der Waals surface area contributed by atoms with Gasteiger partial charge in [-0.25, -0.2) is 31.9 Å². The molecule has 1 amide bonds. The number of aryl methyl sites for hydroxylation is 1. The zero-order chi connectivity index (χ0) is 40.5. The maximum absolute atomic E-state index is 14.0. The van der Waals surface area contributed by atoms with Gasteiger partial charge < -0.3 is 4.90 Å². The summed E-state index contributed by atoms with van der Waals surface area (Å²) >= 11 is 7.37. The number of fused-ring (bicyclic) bond motifs is 2. The number of sulfonamides is 1. The van der Waals surface area contributed by atoms with Gasteiger partial charge in [0.2, 0.25) is 10.0 Å². The molecule has 1 saturated heterocycles. The van der Waals surface area contributed by atoms with Crippen LogP contribution in [0.5, 0.6) is 0 Å².